The minimum absolute atomic E-state index is 0. The molecule has 0 atom stereocenters. The highest BCUT2D eigenvalue weighted by atomic mass is 35.5. The fourth-order valence-electron chi connectivity index (χ4n) is 6.24. The Hall–Kier alpha value is -2.82. The van der Waals surface area contributed by atoms with Crippen LogP contribution in [0.25, 0.3) is 11.2 Å². The van der Waals surface area contributed by atoms with Gasteiger partial charge in [0, 0.05) is 42.9 Å². The summed E-state index contributed by atoms with van der Waals surface area (Å²) in [5.41, 5.74) is 9.87. The number of fused-ring (bicyclic) bond motifs is 1. The third-order valence-corrected chi connectivity index (χ3v) is 8.67. The van der Waals surface area contributed by atoms with Crippen molar-refractivity contribution in [2.45, 2.75) is 95.3 Å². The van der Waals surface area contributed by atoms with Crippen LogP contribution in [0.15, 0.2) is 30.6 Å². The highest BCUT2D eigenvalue weighted by Gasteiger charge is 2.27. The largest absolute Gasteiger partial charge is 0.365 e. The molecule has 3 fully saturated rings. The lowest BCUT2D eigenvalue weighted by Crippen LogP contribution is -2.44. The molecule has 10 nitrogen and oxygen atoms in total. The van der Waals surface area contributed by atoms with E-state index in [1.807, 2.05) is 42.4 Å². The van der Waals surface area contributed by atoms with Crippen LogP contribution in [0.4, 0.5) is 22.2 Å². The molecule has 12 heteroatoms. The SMILES string of the molecule is Cc1ccc(NC(=O)N2CCC(Nc3nc(NC4CCC(N)CC4)nc4c3ncn4C3CCCC3)CC2)cc1.Cl.Cl. The average molecular weight is 605 g/mol. The van der Waals surface area contributed by atoms with E-state index in [0.717, 1.165) is 61.2 Å². The number of urea groups is 1. The number of nitrogens with one attached hydrogen (secondary N) is 3. The first-order valence-electron chi connectivity index (χ1n) is 14.7. The van der Waals surface area contributed by atoms with Crippen LogP contribution in [0.2, 0.25) is 0 Å². The maximum Gasteiger partial charge on any atom is 0.321 e. The van der Waals surface area contributed by atoms with Gasteiger partial charge in [0.15, 0.2) is 17.0 Å². The molecule has 1 aromatic carbocycles. The van der Waals surface area contributed by atoms with Gasteiger partial charge in [0.05, 0.1) is 6.33 Å². The summed E-state index contributed by atoms with van der Waals surface area (Å²) in [7, 11) is 0. The van der Waals surface area contributed by atoms with Crippen molar-refractivity contribution < 1.29 is 4.79 Å². The average Bonchev–Trinajstić information content (AvgIpc) is 3.62. The molecule has 0 bridgehead atoms. The van der Waals surface area contributed by atoms with Crippen LogP contribution in [-0.2, 0) is 0 Å². The van der Waals surface area contributed by atoms with Crippen molar-refractivity contribution in [3.63, 3.8) is 0 Å². The predicted molar refractivity (Wildman–Crippen MR) is 170 cm³/mol. The number of hydrogen-bond donors (Lipinski definition) is 4. The van der Waals surface area contributed by atoms with Crippen LogP contribution in [-0.4, -0.2) is 61.7 Å². The molecule has 5 N–H and O–H groups in total. The molecule has 0 unspecified atom stereocenters. The summed E-state index contributed by atoms with van der Waals surface area (Å²) in [6, 6.07) is 9.17. The van der Waals surface area contributed by atoms with Crippen molar-refractivity contribution in [3.8, 4) is 0 Å². The first kappa shape index (κ1) is 31.1. The van der Waals surface area contributed by atoms with E-state index in [0.29, 0.717) is 37.2 Å². The van der Waals surface area contributed by atoms with E-state index in [2.05, 4.69) is 20.5 Å². The van der Waals surface area contributed by atoms with Gasteiger partial charge in [0.1, 0.15) is 0 Å². The molecular formula is C29H43Cl2N9O. The first-order chi connectivity index (χ1) is 19.0. The lowest BCUT2D eigenvalue weighted by molar-refractivity contribution is 0.197. The van der Waals surface area contributed by atoms with E-state index in [-0.39, 0.29) is 36.9 Å². The van der Waals surface area contributed by atoms with E-state index < -0.39 is 0 Å². The minimum Gasteiger partial charge on any atom is -0.365 e. The zero-order valence-electron chi connectivity index (χ0n) is 23.7. The fourth-order valence-corrected chi connectivity index (χ4v) is 6.24. The quantitative estimate of drug-likeness (QED) is 0.277. The number of halogens is 2. The Kier molecular flexibility index (Phi) is 10.5. The molecule has 1 saturated heterocycles. The van der Waals surface area contributed by atoms with Crippen LogP contribution in [0.1, 0.15) is 75.8 Å². The van der Waals surface area contributed by atoms with Crippen LogP contribution < -0.4 is 21.7 Å². The molecule has 2 aromatic heterocycles. The monoisotopic (exact) mass is 603 g/mol. The Morgan fingerprint density at radius 3 is 2.22 bits per heavy atom. The first-order valence-corrected chi connectivity index (χ1v) is 14.7. The van der Waals surface area contributed by atoms with E-state index in [1.54, 1.807) is 0 Å². The minimum atomic E-state index is -0.0456. The number of imidazole rings is 1. The summed E-state index contributed by atoms with van der Waals surface area (Å²) in [4.78, 5) is 29.4. The molecule has 1 aliphatic heterocycles. The Morgan fingerprint density at radius 2 is 1.54 bits per heavy atom. The van der Waals surface area contributed by atoms with E-state index >= 15 is 0 Å². The molecule has 41 heavy (non-hydrogen) atoms. The Labute approximate surface area is 254 Å². The second kappa shape index (κ2) is 13.9. The van der Waals surface area contributed by atoms with E-state index in [1.165, 1.54) is 31.2 Å². The smallest absolute Gasteiger partial charge is 0.321 e. The number of anilines is 3. The van der Waals surface area contributed by atoms with Crippen molar-refractivity contribution in [2.24, 2.45) is 5.73 Å². The number of carbonyl (C=O) groups excluding carboxylic acids is 1. The highest BCUT2D eigenvalue weighted by molar-refractivity contribution is 5.89. The predicted octanol–water partition coefficient (Wildman–Crippen LogP) is 5.88. The van der Waals surface area contributed by atoms with Crippen molar-refractivity contribution >= 4 is 59.5 Å². The number of amides is 2. The number of aromatic nitrogens is 4. The summed E-state index contributed by atoms with van der Waals surface area (Å²) in [6.07, 6.45) is 12.6. The molecule has 0 radical (unpaired) electrons. The van der Waals surface area contributed by atoms with E-state index in [4.69, 9.17) is 20.7 Å². The number of aryl methyl sites for hydroxylation is 1. The van der Waals surface area contributed by atoms with Crippen molar-refractivity contribution in [1.29, 1.82) is 0 Å². The normalized spacial score (nSPS) is 21.7. The van der Waals surface area contributed by atoms with Crippen LogP contribution >= 0.6 is 24.8 Å². The van der Waals surface area contributed by atoms with Gasteiger partial charge in [-0.05, 0) is 70.4 Å². The zero-order valence-corrected chi connectivity index (χ0v) is 25.4. The zero-order chi connectivity index (χ0) is 26.8. The molecule has 2 amide bonds. The summed E-state index contributed by atoms with van der Waals surface area (Å²) in [5, 5.41) is 10.3. The number of hydrogen-bond acceptors (Lipinski definition) is 7. The van der Waals surface area contributed by atoms with Crippen LogP contribution in [0, 0.1) is 6.92 Å². The van der Waals surface area contributed by atoms with Crippen molar-refractivity contribution in [2.75, 3.05) is 29.0 Å². The summed E-state index contributed by atoms with van der Waals surface area (Å²) in [5.74, 6) is 1.45. The second-order valence-corrected chi connectivity index (χ2v) is 11.6. The number of rotatable bonds is 6. The van der Waals surface area contributed by atoms with Gasteiger partial charge < -0.3 is 31.2 Å². The molecule has 6 rings (SSSR count). The molecular weight excluding hydrogens is 561 g/mol. The van der Waals surface area contributed by atoms with Crippen molar-refractivity contribution in [3.05, 3.63) is 36.2 Å². The lowest BCUT2D eigenvalue weighted by atomic mass is 9.92. The number of nitrogens with zero attached hydrogens (tertiary/aromatic N) is 5. The Morgan fingerprint density at radius 1 is 0.878 bits per heavy atom. The number of benzene rings is 1. The van der Waals surface area contributed by atoms with Crippen LogP contribution in [0.3, 0.4) is 0 Å². The third kappa shape index (κ3) is 7.34. The molecule has 2 aliphatic carbocycles. The topological polar surface area (TPSA) is 126 Å². The van der Waals surface area contributed by atoms with Gasteiger partial charge in [-0.15, -0.1) is 24.8 Å². The van der Waals surface area contributed by atoms with Gasteiger partial charge in [-0.2, -0.15) is 9.97 Å². The molecule has 2 saturated carbocycles. The molecule has 0 spiro atoms. The lowest BCUT2D eigenvalue weighted by Gasteiger charge is -2.32. The van der Waals surface area contributed by atoms with Gasteiger partial charge in [0.2, 0.25) is 5.95 Å². The molecule has 3 heterocycles. The highest BCUT2D eigenvalue weighted by Crippen LogP contribution is 2.34. The summed E-state index contributed by atoms with van der Waals surface area (Å²) < 4.78 is 2.26. The third-order valence-electron chi connectivity index (χ3n) is 8.67. The Bertz CT molecular complexity index is 1280. The maximum absolute atomic E-state index is 12.8. The molecule has 3 aliphatic rings. The van der Waals surface area contributed by atoms with Gasteiger partial charge in [-0.1, -0.05) is 30.5 Å². The van der Waals surface area contributed by atoms with Gasteiger partial charge >= 0.3 is 6.03 Å². The summed E-state index contributed by atoms with van der Waals surface area (Å²) in [6.45, 7) is 3.42. The van der Waals surface area contributed by atoms with Crippen LogP contribution in [0.5, 0.6) is 0 Å². The maximum atomic E-state index is 12.8. The van der Waals surface area contributed by atoms with Crippen molar-refractivity contribution in [1.82, 2.24) is 24.4 Å². The fraction of sp³-hybridized carbons (Fsp3) is 0.586. The Balaban J connectivity index is 0.00000194. The number of carbonyl (C=O) groups is 1. The van der Waals surface area contributed by atoms with Gasteiger partial charge in [-0.3, -0.25) is 0 Å². The molecule has 3 aromatic rings. The second-order valence-electron chi connectivity index (χ2n) is 11.6. The summed E-state index contributed by atoms with van der Waals surface area (Å²) >= 11 is 0. The van der Waals surface area contributed by atoms with Gasteiger partial charge in [-0.25, -0.2) is 9.78 Å². The molecule has 224 valence electrons. The number of likely N-dealkylation sites (tertiary alicyclic amines) is 1. The van der Waals surface area contributed by atoms with E-state index in [9.17, 15) is 4.79 Å². The standard InChI is InChI=1S/C29H41N9O.2ClH/c1-19-6-10-22(11-7-19)34-29(39)37-16-14-23(15-17-37)32-26-25-27(38(18-31-25)24-4-2-3-5-24)36-28(35-26)33-21-12-8-20(30)9-13-21;;/h6-7,10-11,18,20-21,23-24H,2-5,8-9,12-17,30H2,1H3,(H,34,39)(H2,32,33,35,36);2*1H. The van der Waals surface area contributed by atoms with Gasteiger partial charge in [0.25, 0.3) is 0 Å². The number of piperidine rings is 1. The number of nitrogens with two attached hydrogens (primary N) is 1.